The molecule has 0 radical (unpaired) electrons. The zero-order chi connectivity index (χ0) is 8.97. The van der Waals surface area contributed by atoms with Crippen molar-refractivity contribution in [3.05, 3.63) is 0 Å². The predicted octanol–water partition coefficient (Wildman–Crippen LogP) is 0.582. The molecular weight excluding hydrogens is 150 g/mol. The lowest BCUT2D eigenvalue weighted by molar-refractivity contribution is 0.325. The van der Waals surface area contributed by atoms with Crippen molar-refractivity contribution in [1.29, 1.82) is 5.26 Å². The number of hydrogen-bond acceptors (Lipinski definition) is 3. The van der Waals surface area contributed by atoms with E-state index >= 15 is 0 Å². The maximum absolute atomic E-state index is 8.57. The summed E-state index contributed by atoms with van der Waals surface area (Å²) in [6.45, 7) is 4.32. The lowest BCUT2D eigenvalue weighted by atomic mass is 10.2. The van der Waals surface area contributed by atoms with Crippen LogP contribution >= 0.6 is 0 Å². The molecule has 0 bridgehead atoms. The molecule has 0 aromatic carbocycles. The van der Waals surface area contributed by atoms with E-state index in [2.05, 4.69) is 30.3 Å². The highest BCUT2D eigenvalue weighted by Gasteiger charge is 2.18. The molecule has 68 valence electrons. The highest BCUT2D eigenvalue weighted by Crippen LogP contribution is 2.05. The smallest absolute Gasteiger partial charge is 0.0638 e. The zero-order valence-electron chi connectivity index (χ0n) is 7.88. The van der Waals surface area contributed by atoms with Gasteiger partial charge >= 0.3 is 0 Å². The lowest BCUT2D eigenvalue weighted by Crippen LogP contribution is -2.38. The summed E-state index contributed by atoms with van der Waals surface area (Å²) < 4.78 is 0. The van der Waals surface area contributed by atoms with Gasteiger partial charge in [0.05, 0.1) is 12.5 Å². The van der Waals surface area contributed by atoms with Gasteiger partial charge in [-0.1, -0.05) is 0 Å². The fourth-order valence-corrected chi connectivity index (χ4v) is 1.65. The van der Waals surface area contributed by atoms with Crippen LogP contribution in [0.25, 0.3) is 0 Å². The molecule has 0 spiro atoms. The number of likely N-dealkylation sites (N-methyl/N-ethyl adjacent to an activating group) is 1. The molecule has 2 unspecified atom stereocenters. The van der Waals surface area contributed by atoms with Crippen molar-refractivity contribution in [3.8, 4) is 6.07 Å². The third-order valence-electron chi connectivity index (χ3n) is 2.33. The molecule has 0 aromatic heterocycles. The van der Waals surface area contributed by atoms with Crippen molar-refractivity contribution in [1.82, 2.24) is 10.2 Å². The van der Waals surface area contributed by atoms with Gasteiger partial charge in [0, 0.05) is 18.6 Å². The number of nitriles is 1. The van der Waals surface area contributed by atoms with Crippen LogP contribution in [-0.4, -0.2) is 37.1 Å². The second kappa shape index (κ2) is 4.44. The van der Waals surface area contributed by atoms with Crippen LogP contribution in [0.1, 0.15) is 19.8 Å². The Bertz CT molecular complexity index is 161. The van der Waals surface area contributed by atoms with Crippen LogP contribution < -0.4 is 5.32 Å². The van der Waals surface area contributed by atoms with E-state index < -0.39 is 0 Å². The van der Waals surface area contributed by atoms with E-state index in [9.17, 15) is 0 Å². The normalized spacial score (nSPS) is 32.4. The van der Waals surface area contributed by atoms with Gasteiger partial charge in [0.1, 0.15) is 0 Å². The number of nitrogens with one attached hydrogen (secondary N) is 1. The van der Waals surface area contributed by atoms with Crippen LogP contribution in [0, 0.1) is 11.3 Å². The van der Waals surface area contributed by atoms with Gasteiger partial charge in [-0.05, 0) is 26.9 Å². The fraction of sp³-hybridized carbons (Fsp3) is 0.889. The number of hydrogen-bond donors (Lipinski definition) is 1. The first-order valence-corrected chi connectivity index (χ1v) is 4.54. The standard InChI is InChI=1S/C9H17N3/c1-8-4-6-12(2)7-9(11-8)3-5-10/h8-9,11H,3-4,6-7H2,1-2H3. The van der Waals surface area contributed by atoms with Crippen LogP contribution in [0.4, 0.5) is 0 Å². The van der Waals surface area contributed by atoms with Gasteiger partial charge in [-0.25, -0.2) is 0 Å². The topological polar surface area (TPSA) is 39.1 Å². The van der Waals surface area contributed by atoms with Gasteiger partial charge in [-0.2, -0.15) is 5.26 Å². The van der Waals surface area contributed by atoms with Crippen LogP contribution in [0.2, 0.25) is 0 Å². The Balaban J connectivity index is 2.45. The summed E-state index contributed by atoms with van der Waals surface area (Å²) in [6.07, 6.45) is 1.80. The SMILES string of the molecule is CC1CCN(C)CC(CC#N)N1. The molecule has 1 aliphatic heterocycles. The molecule has 12 heavy (non-hydrogen) atoms. The van der Waals surface area contributed by atoms with E-state index in [0.29, 0.717) is 18.5 Å². The lowest BCUT2D eigenvalue weighted by Gasteiger charge is -2.18. The van der Waals surface area contributed by atoms with E-state index in [1.165, 1.54) is 6.42 Å². The zero-order valence-corrected chi connectivity index (χ0v) is 7.88. The Morgan fingerprint density at radius 2 is 2.42 bits per heavy atom. The Labute approximate surface area is 74.4 Å². The third-order valence-corrected chi connectivity index (χ3v) is 2.33. The van der Waals surface area contributed by atoms with Crippen LogP contribution in [0.15, 0.2) is 0 Å². The first kappa shape index (κ1) is 9.50. The van der Waals surface area contributed by atoms with E-state index in [-0.39, 0.29) is 0 Å². The van der Waals surface area contributed by atoms with Crippen molar-refractivity contribution in [2.24, 2.45) is 0 Å². The highest BCUT2D eigenvalue weighted by molar-refractivity contribution is 4.86. The Kier molecular flexibility index (Phi) is 3.51. The quantitative estimate of drug-likeness (QED) is 0.621. The minimum Gasteiger partial charge on any atom is -0.309 e. The maximum Gasteiger partial charge on any atom is 0.0638 e. The van der Waals surface area contributed by atoms with Crippen LogP contribution in [0.5, 0.6) is 0 Å². The Morgan fingerprint density at radius 3 is 3.08 bits per heavy atom. The molecule has 0 aliphatic carbocycles. The largest absolute Gasteiger partial charge is 0.309 e. The average Bonchev–Trinajstić information content (AvgIpc) is 2.14. The van der Waals surface area contributed by atoms with Gasteiger partial charge in [0.25, 0.3) is 0 Å². The molecule has 3 heteroatoms. The van der Waals surface area contributed by atoms with Gasteiger partial charge < -0.3 is 10.2 Å². The van der Waals surface area contributed by atoms with Gasteiger partial charge in [-0.15, -0.1) is 0 Å². The molecule has 1 rings (SSSR count). The molecule has 1 aliphatic rings. The fourth-order valence-electron chi connectivity index (χ4n) is 1.65. The second-order valence-corrected chi connectivity index (χ2v) is 3.68. The van der Waals surface area contributed by atoms with Crippen LogP contribution in [0.3, 0.4) is 0 Å². The molecule has 2 atom stereocenters. The summed E-state index contributed by atoms with van der Waals surface area (Å²) in [4.78, 5) is 2.29. The van der Waals surface area contributed by atoms with Crippen molar-refractivity contribution >= 4 is 0 Å². The summed E-state index contributed by atoms with van der Waals surface area (Å²) in [5, 5.41) is 12.0. The van der Waals surface area contributed by atoms with Crippen molar-refractivity contribution in [2.45, 2.75) is 31.8 Å². The first-order valence-electron chi connectivity index (χ1n) is 4.54. The monoisotopic (exact) mass is 167 g/mol. The number of rotatable bonds is 1. The van der Waals surface area contributed by atoms with Gasteiger partial charge in [0.2, 0.25) is 0 Å². The molecule has 1 fully saturated rings. The summed E-state index contributed by atoms with van der Waals surface area (Å²) in [5.41, 5.74) is 0. The van der Waals surface area contributed by atoms with Crippen molar-refractivity contribution < 1.29 is 0 Å². The summed E-state index contributed by atoms with van der Waals surface area (Å²) in [6, 6.07) is 3.13. The van der Waals surface area contributed by atoms with E-state index in [4.69, 9.17) is 5.26 Å². The molecule has 1 N–H and O–H groups in total. The first-order chi connectivity index (χ1) is 5.72. The molecule has 3 nitrogen and oxygen atoms in total. The minimum atomic E-state index is 0.359. The van der Waals surface area contributed by atoms with Crippen molar-refractivity contribution in [2.75, 3.05) is 20.1 Å². The predicted molar refractivity (Wildman–Crippen MR) is 48.7 cm³/mol. The molecular formula is C9H17N3. The molecule has 0 saturated carbocycles. The van der Waals surface area contributed by atoms with Crippen molar-refractivity contribution in [3.63, 3.8) is 0 Å². The highest BCUT2D eigenvalue weighted by atomic mass is 15.1. The summed E-state index contributed by atoms with van der Waals surface area (Å²) in [5.74, 6) is 0. The molecule has 0 aromatic rings. The van der Waals surface area contributed by atoms with Gasteiger partial charge in [0.15, 0.2) is 0 Å². The van der Waals surface area contributed by atoms with E-state index in [1.54, 1.807) is 0 Å². The Morgan fingerprint density at radius 1 is 1.67 bits per heavy atom. The van der Waals surface area contributed by atoms with E-state index in [0.717, 1.165) is 13.1 Å². The molecule has 1 heterocycles. The average molecular weight is 167 g/mol. The summed E-state index contributed by atoms with van der Waals surface area (Å²) in [7, 11) is 2.12. The minimum absolute atomic E-state index is 0.359. The maximum atomic E-state index is 8.57. The second-order valence-electron chi connectivity index (χ2n) is 3.68. The Hall–Kier alpha value is -0.590. The number of nitrogens with zero attached hydrogens (tertiary/aromatic N) is 2. The molecule has 0 amide bonds. The summed E-state index contributed by atoms with van der Waals surface area (Å²) >= 11 is 0. The van der Waals surface area contributed by atoms with Crippen LogP contribution in [-0.2, 0) is 0 Å². The van der Waals surface area contributed by atoms with Gasteiger partial charge in [-0.3, -0.25) is 0 Å². The van der Waals surface area contributed by atoms with E-state index in [1.807, 2.05) is 0 Å². The third kappa shape index (κ3) is 2.80. The molecule has 1 saturated heterocycles.